The maximum Gasteiger partial charge on any atom is 0.322 e. The van der Waals surface area contributed by atoms with E-state index in [1.165, 1.54) is 6.92 Å². The molecule has 9 heavy (non-hydrogen) atoms. The van der Waals surface area contributed by atoms with Crippen LogP contribution in [0.2, 0.25) is 0 Å². The molecule has 0 bridgehead atoms. The van der Waals surface area contributed by atoms with Crippen molar-refractivity contribution in [2.75, 3.05) is 0 Å². The van der Waals surface area contributed by atoms with Gasteiger partial charge >= 0.3 is 5.97 Å². The molecule has 0 saturated heterocycles. The average Bonchev–Trinajstić information content (AvgIpc) is 1.84. The van der Waals surface area contributed by atoms with Gasteiger partial charge in [-0.2, -0.15) is 0 Å². The summed E-state index contributed by atoms with van der Waals surface area (Å²) >= 11 is 5.24. The molecule has 0 heterocycles. The van der Waals surface area contributed by atoms with E-state index in [1.54, 1.807) is 0 Å². The predicted molar refractivity (Wildman–Crippen MR) is 32.5 cm³/mol. The van der Waals surface area contributed by atoms with Crippen molar-refractivity contribution >= 4 is 23.9 Å². The van der Waals surface area contributed by atoms with Crippen LogP contribution in [0.5, 0.6) is 0 Å². The first kappa shape index (κ1) is 8.43. The van der Waals surface area contributed by atoms with Gasteiger partial charge in [0.2, 0.25) is 0 Å². The van der Waals surface area contributed by atoms with E-state index in [-0.39, 0.29) is 0 Å². The van der Waals surface area contributed by atoms with E-state index in [2.05, 4.69) is 0 Å². The van der Waals surface area contributed by atoms with Gasteiger partial charge in [-0.1, -0.05) is 6.92 Å². The van der Waals surface area contributed by atoms with E-state index in [1.807, 2.05) is 0 Å². The summed E-state index contributed by atoms with van der Waals surface area (Å²) < 4.78 is 0. The molecule has 3 nitrogen and oxygen atoms in total. The van der Waals surface area contributed by atoms with Crippen molar-refractivity contribution in [3.8, 4) is 0 Å². The number of halogens is 1. The Bertz CT molecular complexity index is 123. The zero-order valence-corrected chi connectivity index (χ0v) is 5.63. The molecule has 0 radical (unpaired) electrons. The number of hydrogen-bond acceptors (Lipinski definition) is 2. The van der Waals surface area contributed by atoms with Crippen molar-refractivity contribution in [3.63, 3.8) is 0 Å². The summed E-state index contributed by atoms with van der Waals surface area (Å²) in [6.07, 6.45) is 0.520. The van der Waals surface area contributed by atoms with Crippen LogP contribution >= 0.6 is 11.6 Å². The first-order valence-electron chi connectivity index (χ1n) is 2.41. The van der Waals surface area contributed by atoms with Crippen LogP contribution in [-0.2, 0) is 9.59 Å². The van der Waals surface area contributed by atoms with Crippen molar-refractivity contribution in [3.05, 3.63) is 0 Å². The SMILES string of the molecule is CC(C=O)C(Cl)C(=O)O. The molecule has 0 aromatic rings. The maximum atomic E-state index is 10.0. The van der Waals surface area contributed by atoms with Gasteiger partial charge in [-0.15, -0.1) is 11.6 Å². The molecule has 0 aromatic carbocycles. The van der Waals surface area contributed by atoms with Crippen LogP contribution in [0.4, 0.5) is 0 Å². The van der Waals surface area contributed by atoms with E-state index in [0.29, 0.717) is 6.29 Å². The largest absolute Gasteiger partial charge is 0.480 e. The molecular weight excluding hydrogens is 144 g/mol. The molecule has 1 N–H and O–H groups in total. The Morgan fingerprint density at radius 3 is 2.33 bits per heavy atom. The normalized spacial score (nSPS) is 16.2. The molecule has 0 amide bonds. The minimum Gasteiger partial charge on any atom is -0.480 e. The summed E-state index contributed by atoms with van der Waals surface area (Å²) in [4.78, 5) is 19.9. The van der Waals surface area contributed by atoms with Crippen molar-refractivity contribution in [2.45, 2.75) is 12.3 Å². The third-order valence-electron chi connectivity index (χ3n) is 0.912. The third kappa shape index (κ3) is 2.46. The average molecular weight is 151 g/mol. The Morgan fingerprint density at radius 2 is 2.22 bits per heavy atom. The Kier molecular flexibility index (Phi) is 3.24. The molecule has 4 heteroatoms. The number of hydrogen-bond donors (Lipinski definition) is 1. The molecule has 0 rings (SSSR count). The third-order valence-corrected chi connectivity index (χ3v) is 1.50. The fourth-order valence-electron chi connectivity index (χ4n) is 0.294. The number of rotatable bonds is 3. The van der Waals surface area contributed by atoms with Gasteiger partial charge in [-0.3, -0.25) is 4.79 Å². The first-order chi connectivity index (χ1) is 4.09. The molecule has 0 aromatic heterocycles. The van der Waals surface area contributed by atoms with E-state index >= 15 is 0 Å². The van der Waals surface area contributed by atoms with E-state index in [0.717, 1.165) is 0 Å². The smallest absolute Gasteiger partial charge is 0.322 e. The molecule has 0 spiro atoms. The number of carbonyl (C=O) groups excluding carboxylic acids is 1. The topological polar surface area (TPSA) is 54.4 Å². The zero-order chi connectivity index (χ0) is 7.44. The van der Waals surface area contributed by atoms with E-state index in [4.69, 9.17) is 16.7 Å². The van der Waals surface area contributed by atoms with Crippen LogP contribution in [-0.4, -0.2) is 22.7 Å². The van der Waals surface area contributed by atoms with E-state index in [9.17, 15) is 9.59 Å². The minimum atomic E-state index is -1.16. The van der Waals surface area contributed by atoms with Crippen LogP contribution in [0.25, 0.3) is 0 Å². The molecule has 0 aliphatic rings. The van der Waals surface area contributed by atoms with Gasteiger partial charge in [0.15, 0.2) is 0 Å². The lowest BCUT2D eigenvalue weighted by atomic mass is 10.1. The van der Waals surface area contributed by atoms with Crippen LogP contribution in [0.3, 0.4) is 0 Å². The summed E-state index contributed by atoms with van der Waals surface area (Å²) in [5, 5.41) is 7.10. The van der Waals surface area contributed by atoms with Gasteiger partial charge in [0.25, 0.3) is 0 Å². The summed E-state index contributed by atoms with van der Waals surface area (Å²) in [5.74, 6) is -1.78. The van der Waals surface area contributed by atoms with Crippen molar-refractivity contribution in [1.82, 2.24) is 0 Å². The standard InChI is InChI=1S/C5H7ClO3/c1-3(2-7)4(6)5(8)9/h2-4H,1H3,(H,8,9). The second-order valence-electron chi connectivity index (χ2n) is 1.74. The molecule has 0 aliphatic heterocycles. The van der Waals surface area contributed by atoms with Gasteiger partial charge in [-0.25, -0.2) is 0 Å². The Hall–Kier alpha value is -0.570. The highest BCUT2D eigenvalue weighted by Crippen LogP contribution is 2.06. The Balaban J connectivity index is 3.86. The molecular formula is C5H7ClO3. The van der Waals surface area contributed by atoms with Crippen LogP contribution in [0.15, 0.2) is 0 Å². The summed E-state index contributed by atoms with van der Waals surface area (Å²) in [5.41, 5.74) is 0. The first-order valence-corrected chi connectivity index (χ1v) is 2.85. The zero-order valence-electron chi connectivity index (χ0n) is 4.87. The number of carboxylic acid groups (broad SMARTS) is 1. The van der Waals surface area contributed by atoms with Crippen LogP contribution in [0, 0.1) is 5.92 Å². The van der Waals surface area contributed by atoms with Crippen LogP contribution < -0.4 is 0 Å². The lowest BCUT2D eigenvalue weighted by molar-refractivity contribution is -0.138. The van der Waals surface area contributed by atoms with Crippen LogP contribution in [0.1, 0.15) is 6.92 Å². The van der Waals surface area contributed by atoms with Gasteiger partial charge in [0.05, 0.1) is 0 Å². The minimum absolute atomic E-state index is 0.520. The summed E-state index contributed by atoms with van der Waals surface area (Å²) in [6, 6.07) is 0. The number of carboxylic acids is 1. The fourth-order valence-corrected chi connectivity index (χ4v) is 0.353. The Morgan fingerprint density at radius 1 is 1.78 bits per heavy atom. The lowest BCUT2D eigenvalue weighted by Crippen LogP contribution is -2.22. The predicted octanol–water partition coefficient (Wildman–Crippen LogP) is 0.513. The number of alkyl halides is 1. The molecule has 52 valence electrons. The van der Waals surface area contributed by atoms with Crippen molar-refractivity contribution in [2.24, 2.45) is 5.92 Å². The Labute approximate surface area is 57.6 Å². The highest BCUT2D eigenvalue weighted by atomic mass is 35.5. The number of aldehydes is 1. The monoisotopic (exact) mass is 150 g/mol. The summed E-state index contributed by atoms with van der Waals surface area (Å²) in [7, 11) is 0. The summed E-state index contributed by atoms with van der Waals surface area (Å²) in [6.45, 7) is 1.46. The maximum absolute atomic E-state index is 10.0. The van der Waals surface area contributed by atoms with Crippen molar-refractivity contribution < 1.29 is 14.7 Å². The lowest BCUT2D eigenvalue weighted by Gasteiger charge is -2.04. The van der Waals surface area contributed by atoms with Gasteiger partial charge < -0.3 is 9.90 Å². The highest BCUT2D eigenvalue weighted by molar-refractivity contribution is 6.30. The van der Waals surface area contributed by atoms with Gasteiger partial charge in [0, 0.05) is 5.92 Å². The molecule has 0 fully saturated rings. The van der Waals surface area contributed by atoms with Crippen molar-refractivity contribution in [1.29, 1.82) is 0 Å². The fraction of sp³-hybridized carbons (Fsp3) is 0.600. The molecule has 2 atom stereocenters. The quantitative estimate of drug-likeness (QED) is 0.471. The van der Waals surface area contributed by atoms with Gasteiger partial charge in [0.1, 0.15) is 11.7 Å². The highest BCUT2D eigenvalue weighted by Gasteiger charge is 2.20. The number of aliphatic carboxylic acids is 1. The molecule has 2 unspecified atom stereocenters. The molecule has 0 saturated carbocycles. The second-order valence-corrected chi connectivity index (χ2v) is 2.21. The molecule has 0 aliphatic carbocycles. The van der Waals surface area contributed by atoms with E-state index < -0.39 is 17.3 Å². The second kappa shape index (κ2) is 3.45. The number of carbonyl (C=O) groups is 2. The van der Waals surface area contributed by atoms with Gasteiger partial charge in [-0.05, 0) is 0 Å².